The Morgan fingerprint density at radius 3 is 2.63 bits per heavy atom. The van der Waals surface area contributed by atoms with Crippen molar-refractivity contribution >= 4 is 21.8 Å². The van der Waals surface area contributed by atoms with Gasteiger partial charge >= 0.3 is 12.0 Å². The summed E-state index contributed by atoms with van der Waals surface area (Å²) in [6.45, 7) is 2.28. The summed E-state index contributed by atoms with van der Waals surface area (Å²) in [5.74, 6) is -1.57. The van der Waals surface area contributed by atoms with Crippen molar-refractivity contribution in [2.24, 2.45) is 5.92 Å². The number of carboxylic acid groups (broad SMARTS) is 1. The number of hydrogen-bond donors (Lipinski definition) is 2. The van der Waals surface area contributed by atoms with Crippen LogP contribution in [-0.4, -0.2) is 61.6 Å². The van der Waals surface area contributed by atoms with Crippen LogP contribution < -0.4 is 5.32 Å². The van der Waals surface area contributed by atoms with Crippen LogP contribution in [0, 0.1) is 5.92 Å². The summed E-state index contributed by atoms with van der Waals surface area (Å²) in [7, 11) is -3.15. The molecule has 2 amide bonds. The number of hydrogen-bond acceptors (Lipinski definition) is 4. The number of sulfone groups is 1. The summed E-state index contributed by atoms with van der Waals surface area (Å²) < 4.78 is 22.2. The number of nitrogens with zero attached hydrogens (tertiary/aromatic N) is 1. The molecule has 110 valence electrons. The van der Waals surface area contributed by atoms with Crippen molar-refractivity contribution in [3.05, 3.63) is 0 Å². The first-order chi connectivity index (χ1) is 8.69. The van der Waals surface area contributed by atoms with Crippen LogP contribution in [0.3, 0.4) is 0 Å². The van der Waals surface area contributed by atoms with Crippen LogP contribution >= 0.6 is 0 Å². The normalized spacial score (nSPS) is 21.8. The fourth-order valence-corrected chi connectivity index (χ4v) is 3.15. The molecule has 2 atom stereocenters. The quantitative estimate of drug-likeness (QED) is 0.754. The maximum atomic E-state index is 11.9. The molecule has 1 rings (SSSR count). The van der Waals surface area contributed by atoms with Crippen molar-refractivity contribution in [1.29, 1.82) is 0 Å². The maximum absolute atomic E-state index is 11.9. The van der Waals surface area contributed by atoms with E-state index in [0.717, 1.165) is 6.26 Å². The number of carbonyl (C=O) groups is 2. The molecule has 0 aromatic heterocycles. The zero-order chi connectivity index (χ0) is 14.6. The Hall–Kier alpha value is -1.31. The van der Waals surface area contributed by atoms with Gasteiger partial charge in [0.15, 0.2) is 0 Å². The van der Waals surface area contributed by atoms with Crippen molar-refractivity contribution in [2.45, 2.75) is 25.8 Å². The Labute approximate surface area is 112 Å². The largest absolute Gasteiger partial charge is 0.481 e. The molecule has 1 saturated heterocycles. The van der Waals surface area contributed by atoms with E-state index < -0.39 is 33.8 Å². The van der Waals surface area contributed by atoms with E-state index in [-0.39, 0.29) is 12.3 Å². The number of amides is 2. The lowest BCUT2D eigenvalue weighted by Crippen LogP contribution is -2.50. The Bertz CT molecular complexity index is 448. The molecule has 0 radical (unpaired) electrons. The molecule has 0 spiro atoms. The van der Waals surface area contributed by atoms with Gasteiger partial charge in [0.25, 0.3) is 0 Å². The van der Waals surface area contributed by atoms with E-state index in [1.54, 1.807) is 6.92 Å². The fraction of sp³-hybridized carbons (Fsp3) is 0.818. The first-order valence-electron chi connectivity index (χ1n) is 6.15. The standard InChI is InChI=1S/C11H20N2O5S/c1-8(7-19(2,17)18)12-11(16)13-5-3-4-9(6-13)10(14)15/h8-9H,3-7H2,1-2H3,(H,12,16)(H,14,15)/t8?,9-/m1/s1. The SMILES string of the molecule is CC(CS(C)(=O)=O)NC(=O)N1CCC[C@@H](C(=O)O)C1. The average molecular weight is 292 g/mol. The second-order valence-corrected chi connectivity index (χ2v) is 7.25. The van der Waals surface area contributed by atoms with Crippen LogP contribution in [0.4, 0.5) is 4.79 Å². The van der Waals surface area contributed by atoms with Gasteiger partial charge in [-0.25, -0.2) is 13.2 Å². The van der Waals surface area contributed by atoms with E-state index in [0.29, 0.717) is 19.4 Å². The average Bonchev–Trinajstić information content (AvgIpc) is 2.26. The lowest BCUT2D eigenvalue weighted by atomic mass is 9.99. The van der Waals surface area contributed by atoms with Crippen LogP contribution in [0.5, 0.6) is 0 Å². The highest BCUT2D eigenvalue weighted by Crippen LogP contribution is 2.16. The first kappa shape index (κ1) is 15.7. The van der Waals surface area contributed by atoms with Gasteiger partial charge in [-0.15, -0.1) is 0 Å². The van der Waals surface area contributed by atoms with Gasteiger partial charge in [0.05, 0.1) is 11.7 Å². The van der Waals surface area contributed by atoms with Crippen LogP contribution in [0.2, 0.25) is 0 Å². The Morgan fingerprint density at radius 2 is 2.11 bits per heavy atom. The third-order valence-corrected chi connectivity index (χ3v) is 4.09. The highest BCUT2D eigenvalue weighted by atomic mass is 32.2. The lowest BCUT2D eigenvalue weighted by Gasteiger charge is -2.31. The number of urea groups is 1. The summed E-state index contributed by atoms with van der Waals surface area (Å²) in [5, 5.41) is 11.5. The van der Waals surface area contributed by atoms with Gasteiger partial charge in [-0.1, -0.05) is 0 Å². The molecule has 0 aromatic rings. The topological polar surface area (TPSA) is 104 Å². The second-order valence-electron chi connectivity index (χ2n) is 5.07. The minimum Gasteiger partial charge on any atom is -0.481 e. The number of piperidine rings is 1. The number of carbonyl (C=O) groups excluding carboxylic acids is 1. The smallest absolute Gasteiger partial charge is 0.317 e. The van der Waals surface area contributed by atoms with E-state index in [1.807, 2.05) is 0 Å². The first-order valence-corrected chi connectivity index (χ1v) is 8.21. The molecule has 1 fully saturated rings. The van der Waals surface area contributed by atoms with Crippen LogP contribution in [-0.2, 0) is 14.6 Å². The van der Waals surface area contributed by atoms with Crippen molar-refractivity contribution in [3.63, 3.8) is 0 Å². The summed E-state index contributed by atoms with van der Waals surface area (Å²) in [4.78, 5) is 24.2. The highest BCUT2D eigenvalue weighted by Gasteiger charge is 2.28. The van der Waals surface area contributed by atoms with Gasteiger partial charge in [0.1, 0.15) is 9.84 Å². The number of carboxylic acids is 1. The minimum absolute atomic E-state index is 0.130. The molecular weight excluding hydrogens is 272 g/mol. The third-order valence-electron chi connectivity index (χ3n) is 2.98. The summed E-state index contributed by atoms with van der Waals surface area (Å²) in [5.41, 5.74) is 0. The van der Waals surface area contributed by atoms with Gasteiger partial charge in [-0.3, -0.25) is 4.79 Å². The molecule has 2 N–H and O–H groups in total. The summed E-state index contributed by atoms with van der Waals surface area (Å²) in [6, 6.07) is -0.894. The predicted molar refractivity (Wildman–Crippen MR) is 69.6 cm³/mol. The van der Waals surface area contributed by atoms with Gasteiger partial charge < -0.3 is 15.3 Å². The summed E-state index contributed by atoms with van der Waals surface area (Å²) in [6.07, 6.45) is 2.32. The molecule has 1 unspecified atom stereocenters. The van der Waals surface area contributed by atoms with Gasteiger partial charge in [0, 0.05) is 25.4 Å². The van der Waals surface area contributed by atoms with E-state index in [2.05, 4.69) is 5.32 Å². The van der Waals surface area contributed by atoms with Crippen molar-refractivity contribution < 1.29 is 23.1 Å². The van der Waals surface area contributed by atoms with Crippen LogP contribution in [0.25, 0.3) is 0 Å². The number of rotatable bonds is 4. The molecule has 8 heteroatoms. The van der Waals surface area contributed by atoms with E-state index >= 15 is 0 Å². The Balaban J connectivity index is 2.51. The zero-order valence-electron chi connectivity index (χ0n) is 11.1. The van der Waals surface area contributed by atoms with Crippen LogP contribution in [0.15, 0.2) is 0 Å². The number of nitrogens with one attached hydrogen (secondary N) is 1. The summed E-state index contributed by atoms with van der Waals surface area (Å²) >= 11 is 0. The molecule has 7 nitrogen and oxygen atoms in total. The highest BCUT2D eigenvalue weighted by molar-refractivity contribution is 7.90. The molecule has 0 aromatic carbocycles. The fourth-order valence-electron chi connectivity index (χ4n) is 2.16. The van der Waals surface area contributed by atoms with Crippen molar-refractivity contribution in [1.82, 2.24) is 10.2 Å². The van der Waals surface area contributed by atoms with Gasteiger partial charge in [-0.2, -0.15) is 0 Å². The number of aliphatic carboxylic acids is 1. The van der Waals surface area contributed by atoms with Crippen LogP contribution in [0.1, 0.15) is 19.8 Å². The molecule has 0 bridgehead atoms. The predicted octanol–water partition coefficient (Wildman–Crippen LogP) is -0.0743. The van der Waals surface area contributed by atoms with Crippen molar-refractivity contribution in [3.8, 4) is 0 Å². The Kier molecular flexibility index (Phi) is 5.16. The maximum Gasteiger partial charge on any atom is 0.317 e. The van der Waals surface area contributed by atoms with Gasteiger partial charge in [0.2, 0.25) is 0 Å². The second kappa shape index (κ2) is 6.23. The monoisotopic (exact) mass is 292 g/mol. The Morgan fingerprint density at radius 1 is 1.47 bits per heavy atom. The molecular formula is C11H20N2O5S. The van der Waals surface area contributed by atoms with E-state index in [4.69, 9.17) is 5.11 Å². The lowest BCUT2D eigenvalue weighted by molar-refractivity contribution is -0.143. The zero-order valence-corrected chi connectivity index (χ0v) is 11.9. The molecule has 0 saturated carbocycles. The molecule has 19 heavy (non-hydrogen) atoms. The van der Waals surface area contributed by atoms with Crippen molar-refractivity contribution in [2.75, 3.05) is 25.1 Å². The molecule has 1 heterocycles. The van der Waals surface area contributed by atoms with E-state index in [1.165, 1.54) is 4.90 Å². The minimum atomic E-state index is -3.15. The molecule has 0 aliphatic carbocycles. The number of likely N-dealkylation sites (tertiary alicyclic amines) is 1. The van der Waals surface area contributed by atoms with E-state index in [9.17, 15) is 18.0 Å². The third kappa shape index (κ3) is 5.46. The van der Waals surface area contributed by atoms with Gasteiger partial charge in [-0.05, 0) is 19.8 Å². The molecule has 1 aliphatic rings. The molecule has 1 aliphatic heterocycles.